The largest absolute Gasteiger partial charge is 0.304 e. The van der Waals surface area contributed by atoms with Crippen LogP contribution in [0, 0.1) is 12.7 Å². The molecule has 0 saturated carbocycles. The normalized spacial score (nSPS) is 14.1. The molecule has 0 amide bonds. The summed E-state index contributed by atoms with van der Waals surface area (Å²) in [5.74, 6) is -0.374. The summed E-state index contributed by atoms with van der Waals surface area (Å²) in [6, 6.07) is 13.6. The van der Waals surface area contributed by atoms with Crippen molar-refractivity contribution in [3.63, 3.8) is 0 Å². The number of nitrogens with one attached hydrogen (secondary N) is 1. The summed E-state index contributed by atoms with van der Waals surface area (Å²) in [5.41, 5.74) is 3.36. The zero-order chi connectivity index (χ0) is 14.7. The molecule has 1 N–H and O–H groups in total. The number of benzene rings is 2. The molecular formula is C17H19ClFN. The van der Waals surface area contributed by atoms with E-state index >= 15 is 0 Å². The fraction of sp³-hybridized carbons (Fsp3) is 0.294. The maximum Gasteiger partial charge on any atom is 0.142 e. The summed E-state index contributed by atoms with van der Waals surface area (Å²) < 4.78 is 13.5. The highest BCUT2D eigenvalue weighted by atomic mass is 35.5. The van der Waals surface area contributed by atoms with Gasteiger partial charge in [-0.3, -0.25) is 0 Å². The predicted molar refractivity (Wildman–Crippen MR) is 82.6 cm³/mol. The zero-order valence-electron chi connectivity index (χ0n) is 12.0. The van der Waals surface area contributed by atoms with Crippen LogP contribution in [0.2, 0.25) is 5.02 Å². The first kappa shape index (κ1) is 15.0. The standard InChI is InChI=1S/C17H19ClFN/c1-11-4-6-14(7-5-11)12(2)20-13(3)15-8-9-16(18)17(19)10-15/h4-10,12-13,20H,1-3H3. The van der Waals surface area contributed by atoms with E-state index in [9.17, 15) is 4.39 Å². The second-order valence-electron chi connectivity index (χ2n) is 5.19. The summed E-state index contributed by atoms with van der Waals surface area (Å²) >= 11 is 5.71. The van der Waals surface area contributed by atoms with Crippen LogP contribution in [0.15, 0.2) is 42.5 Å². The first-order chi connectivity index (χ1) is 9.47. The van der Waals surface area contributed by atoms with E-state index in [1.165, 1.54) is 17.2 Å². The SMILES string of the molecule is Cc1ccc(C(C)NC(C)c2ccc(Cl)c(F)c2)cc1. The summed E-state index contributed by atoms with van der Waals surface area (Å²) in [6.07, 6.45) is 0. The molecule has 2 aromatic rings. The van der Waals surface area contributed by atoms with E-state index in [-0.39, 0.29) is 22.9 Å². The lowest BCUT2D eigenvalue weighted by atomic mass is 10.0. The van der Waals surface area contributed by atoms with Crippen molar-refractivity contribution >= 4 is 11.6 Å². The van der Waals surface area contributed by atoms with Crippen LogP contribution < -0.4 is 5.32 Å². The topological polar surface area (TPSA) is 12.0 Å². The third-order valence-corrected chi connectivity index (χ3v) is 3.83. The number of hydrogen-bond acceptors (Lipinski definition) is 1. The van der Waals surface area contributed by atoms with E-state index in [0.717, 1.165) is 5.56 Å². The molecule has 0 saturated heterocycles. The van der Waals surface area contributed by atoms with E-state index < -0.39 is 0 Å². The third kappa shape index (κ3) is 3.59. The summed E-state index contributed by atoms with van der Waals surface area (Å²) in [4.78, 5) is 0. The zero-order valence-corrected chi connectivity index (χ0v) is 12.7. The Kier molecular flexibility index (Phi) is 4.79. The first-order valence-corrected chi connectivity index (χ1v) is 7.12. The highest BCUT2D eigenvalue weighted by Crippen LogP contribution is 2.23. The third-order valence-electron chi connectivity index (χ3n) is 3.52. The number of rotatable bonds is 4. The van der Waals surface area contributed by atoms with Gasteiger partial charge in [0, 0.05) is 12.1 Å². The molecule has 0 aliphatic carbocycles. The van der Waals surface area contributed by atoms with Gasteiger partial charge in [-0.25, -0.2) is 4.39 Å². The molecule has 0 heterocycles. The monoisotopic (exact) mass is 291 g/mol. The van der Waals surface area contributed by atoms with E-state index in [4.69, 9.17) is 11.6 Å². The van der Waals surface area contributed by atoms with Crippen LogP contribution in [0.25, 0.3) is 0 Å². The Morgan fingerprint density at radius 3 is 2.10 bits per heavy atom. The highest BCUT2D eigenvalue weighted by molar-refractivity contribution is 6.30. The van der Waals surface area contributed by atoms with Crippen molar-refractivity contribution in [2.45, 2.75) is 32.9 Å². The lowest BCUT2D eigenvalue weighted by Gasteiger charge is -2.21. The Balaban J connectivity index is 2.08. The lowest BCUT2D eigenvalue weighted by molar-refractivity contribution is 0.492. The van der Waals surface area contributed by atoms with Crippen molar-refractivity contribution in [3.8, 4) is 0 Å². The van der Waals surface area contributed by atoms with E-state index in [2.05, 4.69) is 43.4 Å². The number of aryl methyl sites for hydroxylation is 1. The van der Waals surface area contributed by atoms with Gasteiger partial charge in [-0.15, -0.1) is 0 Å². The van der Waals surface area contributed by atoms with Crippen LogP contribution in [0.5, 0.6) is 0 Å². The van der Waals surface area contributed by atoms with Crippen LogP contribution in [-0.2, 0) is 0 Å². The van der Waals surface area contributed by atoms with Gasteiger partial charge in [0.25, 0.3) is 0 Å². The number of halogens is 2. The van der Waals surface area contributed by atoms with E-state index in [0.29, 0.717) is 0 Å². The predicted octanol–water partition coefficient (Wildman–Crippen LogP) is 5.20. The molecule has 0 aromatic heterocycles. The fourth-order valence-corrected chi connectivity index (χ4v) is 2.32. The molecule has 0 fully saturated rings. The molecule has 2 aromatic carbocycles. The van der Waals surface area contributed by atoms with Crippen LogP contribution in [0.3, 0.4) is 0 Å². The Labute approximate surface area is 124 Å². The molecular weight excluding hydrogens is 273 g/mol. The average molecular weight is 292 g/mol. The van der Waals surface area contributed by atoms with Gasteiger partial charge < -0.3 is 5.32 Å². The molecule has 0 aliphatic rings. The van der Waals surface area contributed by atoms with Gasteiger partial charge in [-0.2, -0.15) is 0 Å². The molecule has 20 heavy (non-hydrogen) atoms. The Morgan fingerprint density at radius 1 is 0.950 bits per heavy atom. The Morgan fingerprint density at radius 2 is 1.50 bits per heavy atom. The average Bonchev–Trinajstić information content (AvgIpc) is 2.42. The van der Waals surface area contributed by atoms with Crippen LogP contribution in [-0.4, -0.2) is 0 Å². The van der Waals surface area contributed by atoms with Gasteiger partial charge in [-0.05, 0) is 44.0 Å². The molecule has 3 heteroatoms. The molecule has 1 nitrogen and oxygen atoms in total. The summed E-state index contributed by atoms with van der Waals surface area (Å²) in [6.45, 7) is 6.20. The van der Waals surface area contributed by atoms with Crippen molar-refractivity contribution in [2.75, 3.05) is 0 Å². The molecule has 0 radical (unpaired) electrons. The second-order valence-corrected chi connectivity index (χ2v) is 5.60. The maximum absolute atomic E-state index is 13.5. The Bertz CT molecular complexity index is 580. The van der Waals surface area contributed by atoms with Crippen molar-refractivity contribution < 1.29 is 4.39 Å². The van der Waals surface area contributed by atoms with Crippen molar-refractivity contribution in [2.24, 2.45) is 0 Å². The van der Waals surface area contributed by atoms with Crippen molar-refractivity contribution in [1.29, 1.82) is 0 Å². The minimum absolute atomic E-state index is 0.0538. The summed E-state index contributed by atoms with van der Waals surface area (Å²) in [5, 5.41) is 3.63. The van der Waals surface area contributed by atoms with Gasteiger partial charge in [0.2, 0.25) is 0 Å². The first-order valence-electron chi connectivity index (χ1n) is 6.75. The lowest BCUT2D eigenvalue weighted by Crippen LogP contribution is -2.22. The van der Waals surface area contributed by atoms with Crippen LogP contribution in [0.4, 0.5) is 4.39 Å². The quantitative estimate of drug-likeness (QED) is 0.816. The smallest absolute Gasteiger partial charge is 0.142 e. The molecule has 2 unspecified atom stereocenters. The van der Waals surface area contributed by atoms with Gasteiger partial charge in [0.05, 0.1) is 5.02 Å². The van der Waals surface area contributed by atoms with Gasteiger partial charge in [0.15, 0.2) is 0 Å². The molecule has 2 atom stereocenters. The van der Waals surface area contributed by atoms with Crippen molar-refractivity contribution in [3.05, 3.63) is 70.0 Å². The van der Waals surface area contributed by atoms with Crippen molar-refractivity contribution in [1.82, 2.24) is 5.32 Å². The van der Waals surface area contributed by atoms with Gasteiger partial charge >= 0.3 is 0 Å². The van der Waals surface area contributed by atoms with Gasteiger partial charge in [0.1, 0.15) is 5.82 Å². The minimum Gasteiger partial charge on any atom is -0.304 e. The maximum atomic E-state index is 13.5. The molecule has 0 spiro atoms. The molecule has 106 valence electrons. The molecule has 0 bridgehead atoms. The van der Waals surface area contributed by atoms with E-state index in [1.54, 1.807) is 6.07 Å². The molecule has 0 aliphatic heterocycles. The minimum atomic E-state index is -0.374. The highest BCUT2D eigenvalue weighted by Gasteiger charge is 2.12. The number of hydrogen-bond donors (Lipinski definition) is 1. The van der Waals surface area contributed by atoms with Gasteiger partial charge in [-0.1, -0.05) is 47.5 Å². The second kappa shape index (κ2) is 6.38. The summed E-state index contributed by atoms with van der Waals surface area (Å²) in [7, 11) is 0. The fourth-order valence-electron chi connectivity index (χ4n) is 2.20. The Hall–Kier alpha value is -1.38. The van der Waals surface area contributed by atoms with Crippen LogP contribution in [0.1, 0.15) is 42.6 Å². The van der Waals surface area contributed by atoms with Crippen LogP contribution >= 0.6 is 11.6 Å². The van der Waals surface area contributed by atoms with E-state index in [1.807, 2.05) is 13.0 Å². The molecule has 2 rings (SSSR count).